The standard InChI is InChI=1S/C18H17BrN2O3/c1-2-23-16-9-4-3-8-14(16)20-18(22)17-11-15(21-24-17)12-6-5-7-13(19)10-12/h3-10,17H,2,11H2,1H3,(H,20,22). The first-order valence-corrected chi connectivity index (χ1v) is 8.48. The summed E-state index contributed by atoms with van der Waals surface area (Å²) in [6.07, 6.45) is -0.215. The molecule has 0 radical (unpaired) electrons. The second-order valence-electron chi connectivity index (χ2n) is 5.26. The van der Waals surface area contributed by atoms with Crippen molar-refractivity contribution in [3.8, 4) is 5.75 Å². The Morgan fingerprint density at radius 3 is 2.96 bits per heavy atom. The number of halogens is 1. The predicted molar refractivity (Wildman–Crippen MR) is 96.4 cm³/mol. The molecular weight excluding hydrogens is 372 g/mol. The Balaban J connectivity index is 1.66. The number of rotatable bonds is 5. The second kappa shape index (κ2) is 7.49. The summed E-state index contributed by atoms with van der Waals surface area (Å²) in [7, 11) is 0. The van der Waals surface area contributed by atoms with E-state index in [1.165, 1.54) is 0 Å². The van der Waals surface area contributed by atoms with Crippen LogP contribution in [0.2, 0.25) is 0 Å². The largest absolute Gasteiger partial charge is 0.492 e. The number of benzene rings is 2. The Morgan fingerprint density at radius 1 is 1.33 bits per heavy atom. The number of carbonyl (C=O) groups is 1. The van der Waals surface area contributed by atoms with Gasteiger partial charge in [-0.25, -0.2) is 0 Å². The highest BCUT2D eigenvalue weighted by atomic mass is 79.9. The van der Waals surface area contributed by atoms with Gasteiger partial charge in [0.05, 0.1) is 18.0 Å². The molecule has 1 heterocycles. The van der Waals surface area contributed by atoms with Crippen molar-refractivity contribution in [2.75, 3.05) is 11.9 Å². The van der Waals surface area contributed by atoms with Crippen molar-refractivity contribution in [1.29, 1.82) is 0 Å². The molecule has 2 aromatic carbocycles. The van der Waals surface area contributed by atoms with Gasteiger partial charge in [0.15, 0.2) is 0 Å². The molecular formula is C18H17BrN2O3. The summed E-state index contributed by atoms with van der Waals surface area (Å²) >= 11 is 3.43. The molecule has 1 atom stereocenters. The molecule has 0 aliphatic carbocycles. The molecule has 1 amide bonds. The van der Waals surface area contributed by atoms with E-state index in [0.717, 1.165) is 15.7 Å². The fraction of sp³-hybridized carbons (Fsp3) is 0.222. The first-order chi connectivity index (χ1) is 11.7. The van der Waals surface area contributed by atoms with E-state index in [4.69, 9.17) is 9.57 Å². The lowest BCUT2D eigenvalue weighted by Crippen LogP contribution is -2.28. The highest BCUT2D eigenvalue weighted by Crippen LogP contribution is 2.25. The molecule has 0 bridgehead atoms. The first-order valence-electron chi connectivity index (χ1n) is 7.68. The Bertz CT molecular complexity index is 776. The third-order valence-corrected chi connectivity index (χ3v) is 4.06. The number of anilines is 1. The summed E-state index contributed by atoms with van der Waals surface area (Å²) in [4.78, 5) is 17.8. The van der Waals surface area contributed by atoms with E-state index in [1.54, 1.807) is 6.07 Å². The molecule has 6 heteroatoms. The van der Waals surface area contributed by atoms with Crippen LogP contribution in [0.15, 0.2) is 58.2 Å². The van der Waals surface area contributed by atoms with Gasteiger partial charge in [-0.15, -0.1) is 0 Å². The smallest absolute Gasteiger partial charge is 0.268 e. The fourth-order valence-corrected chi connectivity index (χ4v) is 2.82. The molecule has 1 unspecified atom stereocenters. The van der Waals surface area contributed by atoms with Crippen LogP contribution in [0.3, 0.4) is 0 Å². The maximum absolute atomic E-state index is 12.4. The first kappa shape index (κ1) is 16.5. The van der Waals surface area contributed by atoms with Crippen LogP contribution < -0.4 is 10.1 Å². The van der Waals surface area contributed by atoms with Gasteiger partial charge in [0.25, 0.3) is 5.91 Å². The van der Waals surface area contributed by atoms with Crippen LogP contribution in [0, 0.1) is 0 Å². The Labute approximate surface area is 148 Å². The van der Waals surface area contributed by atoms with Gasteiger partial charge in [0, 0.05) is 16.5 Å². The Morgan fingerprint density at radius 2 is 2.17 bits per heavy atom. The zero-order valence-electron chi connectivity index (χ0n) is 13.2. The molecule has 0 aromatic heterocycles. The lowest BCUT2D eigenvalue weighted by Gasteiger charge is -2.13. The van der Waals surface area contributed by atoms with E-state index in [1.807, 2.05) is 49.4 Å². The molecule has 124 valence electrons. The molecule has 0 fully saturated rings. The topological polar surface area (TPSA) is 59.9 Å². The van der Waals surface area contributed by atoms with E-state index in [2.05, 4.69) is 26.4 Å². The normalized spacial score (nSPS) is 16.2. The van der Waals surface area contributed by atoms with E-state index in [-0.39, 0.29) is 5.91 Å². The van der Waals surface area contributed by atoms with Crippen molar-refractivity contribution < 1.29 is 14.4 Å². The van der Waals surface area contributed by atoms with Crippen molar-refractivity contribution in [3.63, 3.8) is 0 Å². The second-order valence-corrected chi connectivity index (χ2v) is 6.18. The molecule has 1 aliphatic rings. The number of oxime groups is 1. The molecule has 2 aromatic rings. The van der Waals surface area contributed by atoms with Crippen molar-refractivity contribution in [2.45, 2.75) is 19.4 Å². The Hall–Kier alpha value is -2.34. The Kier molecular flexibility index (Phi) is 5.15. The molecule has 0 saturated heterocycles. The van der Waals surface area contributed by atoms with Gasteiger partial charge in [0.1, 0.15) is 5.75 Å². The van der Waals surface area contributed by atoms with Crippen molar-refractivity contribution in [1.82, 2.24) is 0 Å². The summed E-state index contributed by atoms with van der Waals surface area (Å²) in [5, 5.41) is 6.90. The van der Waals surface area contributed by atoms with Gasteiger partial charge in [-0.1, -0.05) is 45.4 Å². The summed E-state index contributed by atoms with van der Waals surface area (Å²) in [5.74, 6) is 0.398. The fourth-order valence-electron chi connectivity index (χ4n) is 2.42. The van der Waals surface area contributed by atoms with Crippen LogP contribution in [-0.4, -0.2) is 24.3 Å². The van der Waals surface area contributed by atoms with Crippen LogP contribution in [-0.2, 0) is 9.63 Å². The maximum atomic E-state index is 12.4. The van der Waals surface area contributed by atoms with Crippen molar-refractivity contribution in [2.24, 2.45) is 5.16 Å². The van der Waals surface area contributed by atoms with Crippen LogP contribution >= 0.6 is 15.9 Å². The van der Waals surface area contributed by atoms with Crippen LogP contribution in [0.4, 0.5) is 5.69 Å². The van der Waals surface area contributed by atoms with Crippen molar-refractivity contribution >= 4 is 33.2 Å². The lowest BCUT2D eigenvalue weighted by molar-refractivity contribution is -0.125. The van der Waals surface area contributed by atoms with Gasteiger partial charge in [0.2, 0.25) is 6.10 Å². The predicted octanol–water partition coefficient (Wildman–Crippen LogP) is 3.98. The SMILES string of the molecule is CCOc1ccccc1NC(=O)C1CC(c2cccc(Br)c2)=NO1. The van der Waals surface area contributed by atoms with E-state index in [0.29, 0.717) is 24.5 Å². The highest BCUT2D eigenvalue weighted by Gasteiger charge is 2.29. The lowest BCUT2D eigenvalue weighted by atomic mass is 10.0. The number of nitrogens with one attached hydrogen (secondary N) is 1. The molecule has 5 nitrogen and oxygen atoms in total. The van der Waals surface area contributed by atoms with E-state index < -0.39 is 6.10 Å². The van der Waals surface area contributed by atoms with E-state index in [9.17, 15) is 4.79 Å². The molecule has 0 saturated carbocycles. The van der Waals surface area contributed by atoms with Gasteiger partial charge < -0.3 is 14.9 Å². The summed E-state index contributed by atoms with van der Waals surface area (Å²) in [6, 6.07) is 15.1. The third-order valence-electron chi connectivity index (χ3n) is 3.56. The average Bonchev–Trinajstić information content (AvgIpc) is 3.07. The highest BCUT2D eigenvalue weighted by molar-refractivity contribution is 9.10. The number of nitrogens with zero attached hydrogens (tertiary/aromatic N) is 1. The minimum atomic E-state index is -0.645. The van der Waals surface area contributed by atoms with Gasteiger partial charge in [-0.05, 0) is 31.2 Å². The maximum Gasteiger partial charge on any atom is 0.268 e. The zero-order chi connectivity index (χ0) is 16.9. The third kappa shape index (κ3) is 3.76. The quantitative estimate of drug-likeness (QED) is 0.842. The molecule has 3 rings (SSSR count). The minimum Gasteiger partial charge on any atom is -0.492 e. The number of hydrogen-bond donors (Lipinski definition) is 1. The summed E-state index contributed by atoms with van der Waals surface area (Å²) in [6.45, 7) is 2.43. The summed E-state index contributed by atoms with van der Waals surface area (Å²) in [5.41, 5.74) is 2.33. The monoisotopic (exact) mass is 388 g/mol. The molecule has 1 N–H and O–H groups in total. The molecule has 24 heavy (non-hydrogen) atoms. The molecule has 1 aliphatic heterocycles. The van der Waals surface area contributed by atoms with Crippen LogP contribution in [0.1, 0.15) is 18.9 Å². The number of ether oxygens (including phenoxy) is 1. The van der Waals surface area contributed by atoms with Gasteiger partial charge in [-0.3, -0.25) is 4.79 Å². The number of hydrogen-bond acceptors (Lipinski definition) is 4. The average molecular weight is 389 g/mol. The minimum absolute atomic E-state index is 0.240. The molecule has 0 spiro atoms. The van der Waals surface area contributed by atoms with Gasteiger partial charge >= 0.3 is 0 Å². The number of carbonyl (C=O) groups excluding carboxylic acids is 1. The summed E-state index contributed by atoms with van der Waals surface area (Å²) < 4.78 is 6.47. The number of para-hydroxylation sites is 2. The van der Waals surface area contributed by atoms with Crippen LogP contribution in [0.25, 0.3) is 0 Å². The van der Waals surface area contributed by atoms with Crippen molar-refractivity contribution in [3.05, 3.63) is 58.6 Å². The zero-order valence-corrected chi connectivity index (χ0v) is 14.7. The van der Waals surface area contributed by atoms with E-state index >= 15 is 0 Å². The van der Waals surface area contributed by atoms with Crippen LogP contribution in [0.5, 0.6) is 5.75 Å². The number of amides is 1. The van der Waals surface area contributed by atoms with Gasteiger partial charge in [-0.2, -0.15) is 0 Å².